The minimum Gasteiger partial charge on any atom is -0.337 e. The molecule has 3 rings (SSSR count). The van der Waals surface area contributed by atoms with E-state index in [4.69, 9.17) is 11.6 Å². The first kappa shape index (κ1) is 16.1. The van der Waals surface area contributed by atoms with Gasteiger partial charge in [-0.05, 0) is 30.7 Å². The molecular weight excluding hydrogens is 326 g/mol. The molecule has 0 spiro atoms. The highest BCUT2D eigenvalue weighted by atomic mass is 35.5. The van der Waals surface area contributed by atoms with Gasteiger partial charge in [0.25, 0.3) is 5.91 Å². The van der Waals surface area contributed by atoms with Crippen molar-refractivity contribution in [2.45, 2.75) is 13.5 Å². The monoisotopic (exact) mass is 341 g/mol. The lowest BCUT2D eigenvalue weighted by atomic mass is 10.2. The molecule has 7 heteroatoms. The predicted molar refractivity (Wildman–Crippen MR) is 91.1 cm³/mol. The average molecular weight is 342 g/mol. The second-order valence-electron chi connectivity index (χ2n) is 5.39. The zero-order chi connectivity index (χ0) is 17.1. The van der Waals surface area contributed by atoms with Crippen molar-refractivity contribution in [3.8, 4) is 5.82 Å². The smallest absolute Gasteiger partial charge is 0.257 e. The maximum Gasteiger partial charge on any atom is 0.257 e. The van der Waals surface area contributed by atoms with E-state index in [1.807, 2.05) is 31.2 Å². The van der Waals surface area contributed by atoms with Gasteiger partial charge >= 0.3 is 0 Å². The molecule has 3 heterocycles. The van der Waals surface area contributed by atoms with E-state index in [2.05, 4.69) is 15.1 Å². The molecule has 0 saturated carbocycles. The van der Waals surface area contributed by atoms with Gasteiger partial charge in [-0.1, -0.05) is 23.7 Å². The second kappa shape index (κ2) is 6.80. The molecular formula is C17H16ClN5O. The van der Waals surface area contributed by atoms with Gasteiger partial charge < -0.3 is 4.90 Å². The molecule has 0 radical (unpaired) electrons. The van der Waals surface area contributed by atoms with Gasteiger partial charge in [-0.3, -0.25) is 4.79 Å². The number of amides is 1. The highest BCUT2D eigenvalue weighted by Crippen LogP contribution is 2.15. The van der Waals surface area contributed by atoms with Crippen LogP contribution in [0.3, 0.4) is 0 Å². The Hall–Kier alpha value is -2.73. The molecule has 0 fully saturated rings. The summed E-state index contributed by atoms with van der Waals surface area (Å²) in [6, 6.07) is 9.12. The van der Waals surface area contributed by atoms with Gasteiger partial charge in [-0.25, -0.2) is 14.6 Å². The summed E-state index contributed by atoms with van der Waals surface area (Å²) in [6.45, 7) is 2.30. The van der Waals surface area contributed by atoms with E-state index in [1.165, 1.54) is 0 Å². The molecule has 1 amide bonds. The molecule has 0 aliphatic heterocycles. The van der Waals surface area contributed by atoms with Crippen LogP contribution >= 0.6 is 11.6 Å². The lowest BCUT2D eigenvalue weighted by Gasteiger charge is -2.17. The summed E-state index contributed by atoms with van der Waals surface area (Å²) in [5.41, 5.74) is 2.20. The van der Waals surface area contributed by atoms with Gasteiger partial charge in [0.1, 0.15) is 5.15 Å². The van der Waals surface area contributed by atoms with Crippen LogP contribution in [-0.4, -0.2) is 37.6 Å². The third-order valence-corrected chi connectivity index (χ3v) is 3.89. The minimum atomic E-state index is -0.107. The molecule has 0 aliphatic rings. The Labute approximate surface area is 144 Å². The van der Waals surface area contributed by atoms with Crippen molar-refractivity contribution < 1.29 is 4.79 Å². The van der Waals surface area contributed by atoms with Crippen LogP contribution in [0.1, 0.15) is 21.6 Å². The highest BCUT2D eigenvalue weighted by molar-refractivity contribution is 6.29. The Bertz CT molecular complexity index is 845. The van der Waals surface area contributed by atoms with E-state index < -0.39 is 0 Å². The molecule has 0 bridgehead atoms. The number of rotatable bonds is 4. The molecule has 0 aromatic carbocycles. The first-order valence-electron chi connectivity index (χ1n) is 7.38. The fourth-order valence-corrected chi connectivity index (χ4v) is 2.49. The number of pyridine rings is 2. The van der Waals surface area contributed by atoms with E-state index >= 15 is 0 Å². The molecule has 3 aromatic rings. The number of carbonyl (C=O) groups excluding carboxylic acids is 1. The average Bonchev–Trinajstić information content (AvgIpc) is 2.98. The SMILES string of the molecule is Cc1c(C(=O)N(C)Cc2ccc(Cl)nc2)cnn1-c1ccccn1. The summed E-state index contributed by atoms with van der Waals surface area (Å²) < 4.78 is 1.66. The summed E-state index contributed by atoms with van der Waals surface area (Å²) in [7, 11) is 1.74. The van der Waals surface area contributed by atoms with E-state index in [1.54, 1.807) is 41.3 Å². The Morgan fingerprint density at radius 3 is 2.71 bits per heavy atom. The highest BCUT2D eigenvalue weighted by Gasteiger charge is 2.19. The van der Waals surface area contributed by atoms with Crippen molar-refractivity contribution in [3.05, 3.63) is 70.9 Å². The number of aromatic nitrogens is 4. The standard InChI is InChI=1S/C17H16ClN5O/c1-12-14(10-21-23(12)16-5-3-4-8-19-16)17(24)22(2)11-13-6-7-15(18)20-9-13/h3-10H,11H2,1-2H3. The van der Waals surface area contributed by atoms with Crippen LogP contribution in [0.2, 0.25) is 5.15 Å². The van der Waals surface area contributed by atoms with E-state index in [9.17, 15) is 4.79 Å². The summed E-state index contributed by atoms with van der Waals surface area (Å²) in [6.07, 6.45) is 4.93. The van der Waals surface area contributed by atoms with Crippen LogP contribution in [0.4, 0.5) is 0 Å². The van der Waals surface area contributed by atoms with Crippen LogP contribution in [-0.2, 0) is 6.54 Å². The fraction of sp³-hybridized carbons (Fsp3) is 0.176. The van der Waals surface area contributed by atoms with E-state index in [0.29, 0.717) is 23.1 Å². The quantitative estimate of drug-likeness (QED) is 0.684. The van der Waals surface area contributed by atoms with E-state index in [0.717, 1.165) is 11.3 Å². The molecule has 0 atom stereocenters. The van der Waals surface area contributed by atoms with Gasteiger partial charge in [0.05, 0.1) is 17.5 Å². The Kier molecular flexibility index (Phi) is 4.57. The third-order valence-electron chi connectivity index (χ3n) is 3.66. The Morgan fingerprint density at radius 1 is 1.21 bits per heavy atom. The zero-order valence-corrected chi connectivity index (χ0v) is 14.1. The van der Waals surface area contributed by atoms with Crippen LogP contribution in [0.25, 0.3) is 5.82 Å². The number of carbonyl (C=O) groups is 1. The molecule has 24 heavy (non-hydrogen) atoms. The van der Waals surface area contributed by atoms with Crippen LogP contribution < -0.4 is 0 Å². The molecule has 3 aromatic heterocycles. The van der Waals surface area contributed by atoms with Gasteiger partial charge in [-0.15, -0.1) is 0 Å². The number of hydrogen-bond acceptors (Lipinski definition) is 4. The van der Waals surface area contributed by atoms with Gasteiger partial charge in [-0.2, -0.15) is 5.10 Å². The molecule has 0 aliphatic carbocycles. The number of halogens is 1. The fourth-order valence-electron chi connectivity index (χ4n) is 2.38. The van der Waals surface area contributed by atoms with Crippen molar-refractivity contribution in [2.75, 3.05) is 7.05 Å². The summed E-state index contributed by atoms with van der Waals surface area (Å²) in [5.74, 6) is 0.572. The number of nitrogens with zero attached hydrogens (tertiary/aromatic N) is 5. The first-order valence-corrected chi connectivity index (χ1v) is 7.76. The maximum atomic E-state index is 12.7. The third kappa shape index (κ3) is 3.28. The molecule has 0 saturated heterocycles. The molecule has 122 valence electrons. The zero-order valence-electron chi connectivity index (χ0n) is 13.3. The second-order valence-corrected chi connectivity index (χ2v) is 5.78. The van der Waals surface area contributed by atoms with Crippen molar-refractivity contribution in [1.29, 1.82) is 0 Å². The summed E-state index contributed by atoms with van der Waals surface area (Å²) in [5, 5.41) is 4.72. The van der Waals surface area contributed by atoms with Gasteiger partial charge in [0.15, 0.2) is 5.82 Å². The summed E-state index contributed by atoms with van der Waals surface area (Å²) in [4.78, 5) is 22.6. The van der Waals surface area contributed by atoms with E-state index in [-0.39, 0.29) is 5.91 Å². The van der Waals surface area contributed by atoms with Gasteiger partial charge in [0, 0.05) is 26.0 Å². The number of hydrogen-bond donors (Lipinski definition) is 0. The lowest BCUT2D eigenvalue weighted by Crippen LogP contribution is -2.26. The maximum absolute atomic E-state index is 12.7. The minimum absolute atomic E-state index is 0.107. The first-order chi connectivity index (χ1) is 11.6. The topological polar surface area (TPSA) is 63.9 Å². The molecule has 0 N–H and O–H groups in total. The van der Waals surface area contributed by atoms with Crippen molar-refractivity contribution in [3.63, 3.8) is 0 Å². The predicted octanol–water partition coefficient (Wildman–Crippen LogP) is 2.90. The van der Waals surface area contributed by atoms with Crippen LogP contribution in [0.15, 0.2) is 48.9 Å². The van der Waals surface area contributed by atoms with Crippen molar-refractivity contribution in [1.82, 2.24) is 24.6 Å². The van der Waals surface area contributed by atoms with Gasteiger partial charge in [0.2, 0.25) is 0 Å². The lowest BCUT2D eigenvalue weighted by molar-refractivity contribution is 0.0784. The van der Waals surface area contributed by atoms with Crippen molar-refractivity contribution >= 4 is 17.5 Å². The Balaban J connectivity index is 1.80. The normalized spacial score (nSPS) is 10.6. The molecule has 6 nitrogen and oxygen atoms in total. The Morgan fingerprint density at radius 2 is 2.04 bits per heavy atom. The summed E-state index contributed by atoms with van der Waals surface area (Å²) >= 11 is 5.78. The van der Waals surface area contributed by atoms with Crippen LogP contribution in [0.5, 0.6) is 0 Å². The molecule has 0 unspecified atom stereocenters. The van der Waals surface area contributed by atoms with Crippen LogP contribution in [0, 0.1) is 6.92 Å². The van der Waals surface area contributed by atoms with Crippen molar-refractivity contribution in [2.24, 2.45) is 0 Å². The largest absolute Gasteiger partial charge is 0.337 e.